The average Bonchev–Trinajstić information content (AvgIpc) is 3.00. The lowest BCUT2D eigenvalue weighted by molar-refractivity contribution is 0.317. The summed E-state index contributed by atoms with van der Waals surface area (Å²) in [6.45, 7) is 9.41. The molecule has 0 aromatic carbocycles. The van der Waals surface area contributed by atoms with Crippen LogP contribution in [0.25, 0.3) is 0 Å². The summed E-state index contributed by atoms with van der Waals surface area (Å²) in [4.78, 5) is 2.53. The third kappa shape index (κ3) is 36.9. The van der Waals surface area contributed by atoms with Crippen LogP contribution in [0.15, 0.2) is 48.6 Å². The van der Waals surface area contributed by atoms with E-state index in [0.29, 0.717) is 0 Å². The van der Waals surface area contributed by atoms with Gasteiger partial charge in [-0.2, -0.15) is 0 Å². The van der Waals surface area contributed by atoms with Gasteiger partial charge in [0.1, 0.15) is 0 Å². The van der Waals surface area contributed by atoms with Crippen LogP contribution in [0.4, 0.5) is 0 Å². The summed E-state index contributed by atoms with van der Waals surface area (Å²) in [5, 5.41) is 3.66. The molecular weight excluding hydrogens is 508 g/mol. The zero-order valence-electron chi connectivity index (χ0n) is 29.1. The molecule has 0 aromatic rings. The first-order chi connectivity index (χ1) is 20.8. The van der Waals surface area contributed by atoms with E-state index in [1.54, 1.807) is 0 Å². The second kappa shape index (κ2) is 37.9. The minimum atomic E-state index is 1.12. The number of nitrogens with zero attached hydrogens (tertiary/aromatic N) is 1. The molecule has 2 heteroatoms. The van der Waals surface area contributed by atoms with Crippen molar-refractivity contribution in [1.82, 2.24) is 10.2 Å². The maximum atomic E-state index is 3.66. The van der Waals surface area contributed by atoms with E-state index >= 15 is 0 Å². The van der Waals surface area contributed by atoms with Gasteiger partial charge in [0.05, 0.1) is 0 Å². The number of hydrogen-bond donors (Lipinski definition) is 1. The summed E-state index contributed by atoms with van der Waals surface area (Å²) in [5.74, 6) is 0. The Labute approximate surface area is 266 Å². The molecule has 0 aliphatic carbocycles. The molecule has 246 valence electrons. The van der Waals surface area contributed by atoms with E-state index in [-0.39, 0.29) is 0 Å². The standard InChI is InChI=1S/C40H76N2/c1-4-6-8-10-12-14-16-18-20-22-24-26-28-30-32-34-37-41-38-36-40-42(3)39-35-33-31-29-27-25-23-21-19-17-15-13-11-9-7-5-2/h12-15,18-21,41H,4-11,16-17,22-40H2,1-3H3/b14-12-,15-13-,20-18-,21-19-. The van der Waals surface area contributed by atoms with Gasteiger partial charge in [-0.3, -0.25) is 0 Å². The molecule has 0 fully saturated rings. The van der Waals surface area contributed by atoms with Gasteiger partial charge in [-0.25, -0.2) is 0 Å². The molecule has 0 amide bonds. The summed E-state index contributed by atoms with van der Waals surface area (Å²) in [7, 11) is 2.30. The van der Waals surface area contributed by atoms with Crippen LogP contribution in [0.2, 0.25) is 0 Å². The lowest BCUT2D eigenvalue weighted by Crippen LogP contribution is -2.25. The van der Waals surface area contributed by atoms with Crippen LogP contribution in [-0.4, -0.2) is 38.1 Å². The van der Waals surface area contributed by atoms with Gasteiger partial charge in [-0.05, 0) is 117 Å². The topological polar surface area (TPSA) is 15.3 Å². The van der Waals surface area contributed by atoms with Crippen molar-refractivity contribution in [2.45, 2.75) is 174 Å². The highest BCUT2D eigenvalue weighted by molar-refractivity contribution is 4.93. The number of hydrogen-bond acceptors (Lipinski definition) is 2. The third-order valence-electron chi connectivity index (χ3n) is 8.19. The molecule has 1 N–H and O–H groups in total. The summed E-state index contributed by atoms with van der Waals surface area (Å²) < 4.78 is 0. The Kier molecular flexibility index (Phi) is 36.9. The summed E-state index contributed by atoms with van der Waals surface area (Å²) in [5.41, 5.74) is 0. The maximum Gasteiger partial charge on any atom is -0.000969 e. The third-order valence-corrected chi connectivity index (χ3v) is 8.19. The zero-order valence-corrected chi connectivity index (χ0v) is 29.1. The molecule has 0 unspecified atom stereocenters. The normalized spacial score (nSPS) is 12.5. The van der Waals surface area contributed by atoms with Gasteiger partial charge in [0.25, 0.3) is 0 Å². The Balaban J connectivity index is 3.26. The highest BCUT2D eigenvalue weighted by Gasteiger charge is 1.99. The SMILES string of the molecule is CCCCC/C=C\C/C=C\CCCCCCCCNCCCN(C)CCCCCCCC/C=C\C/C=C\CCCCC. The second-order valence-corrected chi connectivity index (χ2v) is 12.6. The smallest absolute Gasteiger partial charge is 0.000969 e. The van der Waals surface area contributed by atoms with E-state index in [4.69, 9.17) is 0 Å². The minimum absolute atomic E-state index is 1.12. The fourth-order valence-electron chi connectivity index (χ4n) is 5.32. The van der Waals surface area contributed by atoms with Crippen LogP contribution >= 0.6 is 0 Å². The largest absolute Gasteiger partial charge is 0.317 e. The number of rotatable bonds is 34. The van der Waals surface area contributed by atoms with Crippen LogP contribution in [0.3, 0.4) is 0 Å². The molecule has 42 heavy (non-hydrogen) atoms. The molecule has 0 atom stereocenters. The molecular formula is C40H76N2. The molecule has 0 heterocycles. The Morgan fingerprint density at radius 3 is 1.21 bits per heavy atom. The van der Waals surface area contributed by atoms with E-state index in [1.807, 2.05) is 0 Å². The quantitative estimate of drug-likeness (QED) is 0.0597. The highest BCUT2D eigenvalue weighted by Crippen LogP contribution is 2.10. The molecule has 0 bridgehead atoms. The molecule has 2 nitrogen and oxygen atoms in total. The molecule has 0 saturated carbocycles. The van der Waals surface area contributed by atoms with Crippen molar-refractivity contribution in [2.75, 3.05) is 33.2 Å². The average molecular weight is 585 g/mol. The van der Waals surface area contributed by atoms with Crippen LogP contribution in [0, 0.1) is 0 Å². The summed E-state index contributed by atoms with van der Waals surface area (Å²) >= 11 is 0. The first-order valence-electron chi connectivity index (χ1n) is 18.8. The fraction of sp³-hybridized carbons (Fsp3) is 0.800. The van der Waals surface area contributed by atoms with Crippen molar-refractivity contribution < 1.29 is 0 Å². The highest BCUT2D eigenvalue weighted by atomic mass is 15.1. The van der Waals surface area contributed by atoms with Gasteiger partial charge >= 0.3 is 0 Å². The van der Waals surface area contributed by atoms with E-state index in [2.05, 4.69) is 79.7 Å². The zero-order chi connectivity index (χ0) is 30.4. The molecule has 0 saturated heterocycles. The van der Waals surface area contributed by atoms with Crippen molar-refractivity contribution in [1.29, 1.82) is 0 Å². The lowest BCUT2D eigenvalue weighted by Gasteiger charge is -2.16. The Morgan fingerprint density at radius 1 is 0.381 bits per heavy atom. The van der Waals surface area contributed by atoms with Crippen LogP contribution < -0.4 is 5.32 Å². The second-order valence-electron chi connectivity index (χ2n) is 12.6. The monoisotopic (exact) mass is 585 g/mol. The Morgan fingerprint density at radius 2 is 0.738 bits per heavy atom. The molecule has 0 aliphatic rings. The Hall–Kier alpha value is -1.12. The predicted molar refractivity (Wildman–Crippen MR) is 194 cm³/mol. The van der Waals surface area contributed by atoms with Crippen molar-refractivity contribution in [3.8, 4) is 0 Å². The fourth-order valence-corrected chi connectivity index (χ4v) is 5.32. The van der Waals surface area contributed by atoms with Gasteiger partial charge in [0, 0.05) is 0 Å². The Bertz CT molecular complexity index is 603. The lowest BCUT2D eigenvalue weighted by atomic mass is 10.1. The van der Waals surface area contributed by atoms with Crippen molar-refractivity contribution in [3.63, 3.8) is 0 Å². The molecule has 0 rings (SSSR count). The van der Waals surface area contributed by atoms with Gasteiger partial charge in [0.2, 0.25) is 0 Å². The summed E-state index contributed by atoms with van der Waals surface area (Å²) in [6, 6.07) is 0. The van der Waals surface area contributed by atoms with Crippen molar-refractivity contribution >= 4 is 0 Å². The van der Waals surface area contributed by atoms with E-state index in [0.717, 1.165) is 12.8 Å². The minimum Gasteiger partial charge on any atom is -0.317 e. The number of unbranched alkanes of at least 4 members (excludes halogenated alkanes) is 18. The van der Waals surface area contributed by atoms with E-state index in [1.165, 1.54) is 174 Å². The predicted octanol–water partition coefficient (Wildman–Crippen LogP) is 12.5. The van der Waals surface area contributed by atoms with Crippen LogP contribution in [0.1, 0.15) is 174 Å². The van der Waals surface area contributed by atoms with Gasteiger partial charge < -0.3 is 10.2 Å². The molecule has 0 aliphatic heterocycles. The van der Waals surface area contributed by atoms with Crippen molar-refractivity contribution in [2.24, 2.45) is 0 Å². The first-order valence-corrected chi connectivity index (χ1v) is 18.8. The first kappa shape index (κ1) is 40.9. The van der Waals surface area contributed by atoms with E-state index in [9.17, 15) is 0 Å². The van der Waals surface area contributed by atoms with Gasteiger partial charge in [-0.1, -0.05) is 140 Å². The van der Waals surface area contributed by atoms with E-state index < -0.39 is 0 Å². The van der Waals surface area contributed by atoms with Crippen molar-refractivity contribution in [3.05, 3.63) is 48.6 Å². The van der Waals surface area contributed by atoms with Gasteiger partial charge in [0.15, 0.2) is 0 Å². The number of nitrogens with one attached hydrogen (secondary N) is 1. The molecule has 0 aromatic heterocycles. The van der Waals surface area contributed by atoms with Gasteiger partial charge in [-0.15, -0.1) is 0 Å². The van der Waals surface area contributed by atoms with Crippen LogP contribution in [-0.2, 0) is 0 Å². The summed E-state index contributed by atoms with van der Waals surface area (Å²) in [6.07, 6.45) is 52.1. The van der Waals surface area contributed by atoms with Crippen LogP contribution in [0.5, 0.6) is 0 Å². The maximum absolute atomic E-state index is 3.66. The molecule has 0 radical (unpaired) electrons. The number of allylic oxidation sites excluding steroid dienone is 8. The molecule has 0 spiro atoms.